The normalized spacial score (nSPS) is 17.5. The van der Waals surface area contributed by atoms with Crippen molar-refractivity contribution in [2.75, 3.05) is 13.1 Å². The average Bonchev–Trinajstić information content (AvgIpc) is 2.71. The Hall–Kier alpha value is -1.82. The Morgan fingerprint density at radius 1 is 1.47 bits per heavy atom. The number of amides is 1. The standard InChI is InChI=1S/C13H18N2O4/c1-8-6-10(19-11(8)13(17)18)7-15-4-2-9(3-5-15)12(14)16/h6,9H,2-5,7H2,1H3,(H2,14,16)(H,17,18). The zero-order valence-electron chi connectivity index (χ0n) is 10.9. The molecule has 1 aromatic heterocycles. The third kappa shape index (κ3) is 3.14. The molecule has 3 N–H and O–H groups in total. The second kappa shape index (κ2) is 5.44. The fourth-order valence-corrected chi connectivity index (χ4v) is 2.43. The maximum atomic E-state index is 11.1. The van der Waals surface area contributed by atoms with Gasteiger partial charge in [0, 0.05) is 11.5 Å². The fraction of sp³-hybridized carbons (Fsp3) is 0.538. The zero-order valence-corrected chi connectivity index (χ0v) is 10.9. The van der Waals surface area contributed by atoms with Gasteiger partial charge in [-0.05, 0) is 38.9 Å². The minimum Gasteiger partial charge on any atom is -0.475 e. The molecule has 0 aliphatic carbocycles. The number of aryl methyl sites for hydroxylation is 1. The summed E-state index contributed by atoms with van der Waals surface area (Å²) in [5, 5.41) is 8.92. The molecule has 19 heavy (non-hydrogen) atoms. The summed E-state index contributed by atoms with van der Waals surface area (Å²) in [7, 11) is 0. The smallest absolute Gasteiger partial charge is 0.372 e. The predicted molar refractivity (Wildman–Crippen MR) is 67.6 cm³/mol. The lowest BCUT2D eigenvalue weighted by Crippen LogP contribution is -2.38. The van der Waals surface area contributed by atoms with Crippen molar-refractivity contribution in [2.24, 2.45) is 11.7 Å². The van der Waals surface area contributed by atoms with Crippen LogP contribution < -0.4 is 5.73 Å². The number of primary amides is 1. The summed E-state index contributed by atoms with van der Waals surface area (Å²) >= 11 is 0. The van der Waals surface area contributed by atoms with Gasteiger partial charge in [-0.15, -0.1) is 0 Å². The molecule has 1 aliphatic heterocycles. The topological polar surface area (TPSA) is 96.8 Å². The fourth-order valence-electron chi connectivity index (χ4n) is 2.43. The van der Waals surface area contributed by atoms with E-state index in [0.717, 1.165) is 25.9 Å². The average molecular weight is 266 g/mol. The number of likely N-dealkylation sites (tertiary alicyclic amines) is 1. The van der Waals surface area contributed by atoms with E-state index in [2.05, 4.69) is 4.90 Å². The Morgan fingerprint density at radius 3 is 2.58 bits per heavy atom. The molecule has 6 heteroatoms. The Morgan fingerprint density at radius 2 is 2.11 bits per heavy atom. The largest absolute Gasteiger partial charge is 0.475 e. The van der Waals surface area contributed by atoms with Crippen LogP contribution in [0.15, 0.2) is 10.5 Å². The van der Waals surface area contributed by atoms with E-state index in [0.29, 0.717) is 17.9 Å². The van der Waals surface area contributed by atoms with Gasteiger partial charge in [0.25, 0.3) is 0 Å². The highest BCUT2D eigenvalue weighted by molar-refractivity contribution is 5.86. The van der Waals surface area contributed by atoms with Crippen LogP contribution in [0.1, 0.15) is 34.7 Å². The van der Waals surface area contributed by atoms with Crippen molar-refractivity contribution in [2.45, 2.75) is 26.3 Å². The molecule has 0 bridgehead atoms. The molecule has 1 aliphatic rings. The van der Waals surface area contributed by atoms with Crippen molar-refractivity contribution < 1.29 is 19.1 Å². The van der Waals surface area contributed by atoms with E-state index in [1.807, 2.05) is 0 Å². The van der Waals surface area contributed by atoms with Crippen LogP contribution in [0.2, 0.25) is 0 Å². The van der Waals surface area contributed by atoms with E-state index >= 15 is 0 Å². The Balaban J connectivity index is 1.94. The highest BCUT2D eigenvalue weighted by Crippen LogP contribution is 2.21. The van der Waals surface area contributed by atoms with Crippen LogP contribution >= 0.6 is 0 Å². The zero-order chi connectivity index (χ0) is 14.0. The van der Waals surface area contributed by atoms with Gasteiger partial charge in [0.1, 0.15) is 5.76 Å². The third-order valence-corrected chi connectivity index (χ3v) is 3.53. The minimum absolute atomic E-state index is 0.00187. The first-order valence-electron chi connectivity index (χ1n) is 6.31. The number of piperidine rings is 1. The molecule has 6 nitrogen and oxygen atoms in total. The maximum Gasteiger partial charge on any atom is 0.372 e. The molecule has 0 unspecified atom stereocenters. The van der Waals surface area contributed by atoms with Gasteiger partial charge in [-0.1, -0.05) is 0 Å². The number of carbonyl (C=O) groups excluding carboxylic acids is 1. The SMILES string of the molecule is Cc1cc(CN2CCC(C(N)=O)CC2)oc1C(=O)O. The summed E-state index contributed by atoms with van der Waals surface area (Å²) in [5.74, 6) is -0.670. The highest BCUT2D eigenvalue weighted by Gasteiger charge is 2.24. The minimum atomic E-state index is -1.05. The molecule has 0 spiro atoms. The van der Waals surface area contributed by atoms with Crippen molar-refractivity contribution in [1.29, 1.82) is 0 Å². The number of hydrogen-bond acceptors (Lipinski definition) is 4. The van der Waals surface area contributed by atoms with Crippen LogP contribution in [0.4, 0.5) is 0 Å². The summed E-state index contributed by atoms with van der Waals surface area (Å²) in [4.78, 5) is 24.1. The Kier molecular flexibility index (Phi) is 3.90. The third-order valence-electron chi connectivity index (χ3n) is 3.53. The van der Waals surface area contributed by atoms with E-state index in [1.165, 1.54) is 0 Å². The van der Waals surface area contributed by atoms with E-state index in [-0.39, 0.29) is 17.6 Å². The summed E-state index contributed by atoms with van der Waals surface area (Å²) < 4.78 is 5.32. The van der Waals surface area contributed by atoms with Crippen LogP contribution in [0, 0.1) is 12.8 Å². The van der Waals surface area contributed by atoms with Crippen molar-refractivity contribution in [1.82, 2.24) is 4.90 Å². The molecule has 1 amide bonds. The van der Waals surface area contributed by atoms with Gasteiger partial charge >= 0.3 is 5.97 Å². The first-order valence-corrected chi connectivity index (χ1v) is 6.31. The van der Waals surface area contributed by atoms with Crippen molar-refractivity contribution in [3.63, 3.8) is 0 Å². The van der Waals surface area contributed by atoms with Crippen LogP contribution in [0.5, 0.6) is 0 Å². The highest BCUT2D eigenvalue weighted by atomic mass is 16.4. The van der Waals surface area contributed by atoms with Gasteiger partial charge in [0.05, 0.1) is 6.54 Å². The summed E-state index contributed by atoms with van der Waals surface area (Å²) in [6, 6.07) is 1.75. The van der Waals surface area contributed by atoms with Gasteiger partial charge in [0.2, 0.25) is 11.7 Å². The van der Waals surface area contributed by atoms with Crippen LogP contribution in [-0.4, -0.2) is 35.0 Å². The number of furan rings is 1. The van der Waals surface area contributed by atoms with Gasteiger partial charge in [0.15, 0.2) is 0 Å². The monoisotopic (exact) mass is 266 g/mol. The molecule has 0 saturated carbocycles. The van der Waals surface area contributed by atoms with Crippen LogP contribution in [0.3, 0.4) is 0 Å². The molecule has 104 valence electrons. The molecule has 1 saturated heterocycles. The molecule has 1 fully saturated rings. The first kappa shape index (κ1) is 13.6. The summed E-state index contributed by atoms with van der Waals surface area (Å²) in [6.07, 6.45) is 1.50. The lowest BCUT2D eigenvalue weighted by atomic mass is 9.96. The first-order chi connectivity index (χ1) is 8.97. The second-order valence-electron chi connectivity index (χ2n) is 4.98. The quantitative estimate of drug-likeness (QED) is 0.846. The molecular formula is C13H18N2O4. The van der Waals surface area contributed by atoms with Crippen molar-refractivity contribution in [3.05, 3.63) is 23.2 Å². The number of aromatic carboxylic acids is 1. The molecule has 2 rings (SSSR count). The van der Waals surface area contributed by atoms with Gasteiger partial charge in [-0.3, -0.25) is 9.69 Å². The summed E-state index contributed by atoms with van der Waals surface area (Å²) in [6.45, 7) is 3.83. The molecular weight excluding hydrogens is 248 g/mol. The number of hydrogen-bond donors (Lipinski definition) is 2. The van der Waals surface area contributed by atoms with Crippen LogP contribution in [-0.2, 0) is 11.3 Å². The van der Waals surface area contributed by atoms with Crippen molar-refractivity contribution >= 4 is 11.9 Å². The van der Waals surface area contributed by atoms with Crippen LogP contribution in [0.25, 0.3) is 0 Å². The summed E-state index contributed by atoms with van der Waals surface area (Å²) in [5.41, 5.74) is 5.91. The number of carboxylic acids is 1. The number of carbonyl (C=O) groups is 2. The van der Waals surface area contributed by atoms with E-state index in [4.69, 9.17) is 15.3 Å². The van der Waals surface area contributed by atoms with Gasteiger partial charge in [-0.25, -0.2) is 4.79 Å². The van der Waals surface area contributed by atoms with Crippen molar-refractivity contribution in [3.8, 4) is 0 Å². The maximum absolute atomic E-state index is 11.1. The Bertz CT molecular complexity index is 487. The number of nitrogens with two attached hydrogens (primary N) is 1. The van der Waals surface area contributed by atoms with E-state index in [9.17, 15) is 9.59 Å². The number of nitrogens with zero attached hydrogens (tertiary/aromatic N) is 1. The lowest BCUT2D eigenvalue weighted by Gasteiger charge is -2.29. The molecule has 1 aromatic rings. The Labute approximate surface area is 111 Å². The predicted octanol–water partition coefficient (Wildman–Crippen LogP) is 0.984. The van der Waals surface area contributed by atoms with Gasteiger partial charge < -0.3 is 15.3 Å². The molecule has 0 aromatic carbocycles. The molecule has 0 radical (unpaired) electrons. The molecule has 0 atom stereocenters. The lowest BCUT2D eigenvalue weighted by molar-refractivity contribution is -0.123. The van der Waals surface area contributed by atoms with Gasteiger partial charge in [-0.2, -0.15) is 0 Å². The number of carboxylic acid groups (broad SMARTS) is 1. The van der Waals surface area contributed by atoms with E-state index < -0.39 is 5.97 Å². The second-order valence-corrected chi connectivity index (χ2v) is 4.98. The number of rotatable bonds is 4. The van der Waals surface area contributed by atoms with E-state index in [1.54, 1.807) is 13.0 Å². The molecule has 2 heterocycles.